The molecule has 0 atom stereocenters. The van der Waals surface area contributed by atoms with E-state index in [-0.39, 0.29) is 18.2 Å². The van der Waals surface area contributed by atoms with Crippen LogP contribution in [0.1, 0.15) is 41.6 Å². The van der Waals surface area contributed by atoms with Gasteiger partial charge in [-0.15, -0.1) is 0 Å². The predicted octanol–water partition coefficient (Wildman–Crippen LogP) is 4.65. The minimum Gasteiger partial charge on any atom is -0.494 e. The Bertz CT molecular complexity index is 675. The molecule has 4 heteroatoms. The van der Waals surface area contributed by atoms with Crippen LogP contribution in [0.15, 0.2) is 54.6 Å². The van der Waals surface area contributed by atoms with Crippen LogP contribution in [0.25, 0.3) is 6.08 Å². The summed E-state index contributed by atoms with van der Waals surface area (Å²) in [4.78, 5) is 12.1. The Hall–Kier alpha value is -2.46. The molecule has 0 amide bonds. The van der Waals surface area contributed by atoms with Gasteiger partial charge in [0.1, 0.15) is 11.6 Å². The zero-order valence-electron chi connectivity index (χ0n) is 14.2. The average molecular weight is 342 g/mol. The SMILES string of the molecule is O=C(/C=C/c1ccc(F)cc1)c1ccc(OCCCCCCO)cc1. The maximum Gasteiger partial charge on any atom is 0.185 e. The molecule has 0 aliphatic rings. The van der Waals surface area contributed by atoms with Gasteiger partial charge in [0, 0.05) is 12.2 Å². The number of unbranched alkanes of at least 4 members (excludes halogenated alkanes) is 3. The Morgan fingerprint density at radius 3 is 2.32 bits per heavy atom. The zero-order valence-corrected chi connectivity index (χ0v) is 14.2. The second-order valence-electron chi connectivity index (χ2n) is 5.76. The van der Waals surface area contributed by atoms with Crippen molar-refractivity contribution in [2.45, 2.75) is 25.7 Å². The highest BCUT2D eigenvalue weighted by Crippen LogP contribution is 2.14. The quantitative estimate of drug-likeness (QED) is 0.388. The van der Waals surface area contributed by atoms with Gasteiger partial charge < -0.3 is 9.84 Å². The lowest BCUT2D eigenvalue weighted by molar-refractivity contribution is 0.104. The highest BCUT2D eigenvalue weighted by molar-refractivity contribution is 6.06. The van der Waals surface area contributed by atoms with Crippen molar-refractivity contribution in [3.05, 3.63) is 71.6 Å². The maximum atomic E-state index is 12.8. The molecular formula is C21H23FO3. The molecule has 2 aromatic rings. The first-order valence-corrected chi connectivity index (χ1v) is 8.51. The van der Waals surface area contributed by atoms with Gasteiger partial charge in [0.2, 0.25) is 0 Å². The van der Waals surface area contributed by atoms with Crippen molar-refractivity contribution in [3.63, 3.8) is 0 Å². The molecule has 0 heterocycles. The summed E-state index contributed by atoms with van der Waals surface area (Å²) in [6.07, 6.45) is 6.96. The van der Waals surface area contributed by atoms with Crippen LogP contribution < -0.4 is 4.74 Å². The smallest absolute Gasteiger partial charge is 0.185 e. The van der Waals surface area contributed by atoms with Crippen LogP contribution in [0.2, 0.25) is 0 Å². The van der Waals surface area contributed by atoms with Gasteiger partial charge in [-0.25, -0.2) is 4.39 Å². The summed E-state index contributed by atoms with van der Waals surface area (Å²) in [5.41, 5.74) is 1.35. The number of ether oxygens (including phenoxy) is 1. The van der Waals surface area contributed by atoms with Crippen molar-refractivity contribution in [2.75, 3.05) is 13.2 Å². The fourth-order valence-electron chi connectivity index (χ4n) is 2.31. The fourth-order valence-corrected chi connectivity index (χ4v) is 2.31. The number of carbonyl (C=O) groups is 1. The molecule has 0 saturated carbocycles. The van der Waals surface area contributed by atoms with E-state index in [4.69, 9.17) is 9.84 Å². The molecule has 132 valence electrons. The van der Waals surface area contributed by atoms with Gasteiger partial charge in [-0.3, -0.25) is 4.79 Å². The summed E-state index contributed by atoms with van der Waals surface area (Å²) >= 11 is 0. The van der Waals surface area contributed by atoms with E-state index in [0.29, 0.717) is 12.2 Å². The number of rotatable bonds is 10. The minimum absolute atomic E-state index is 0.111. The second kappa shape index (κ2) is 10.4. The average Bonchev–Trinajstić information content (AvgIpc) is 2.64. The topological polar surface area (TPSA) is 46.5 Å². The number of carbonyl (C=O) groups excluding carboxylic acids is 1. The summed E-state index contributed by atoms with van der Waals surface area (Å²) in [6.45, 7) is 0.870. The van der Waals surface area contributed by atoms with E-state index in [0.717, 1.165) is 37.0 Å². The molecule has 0 aromatic heterocycles. The summed E-state index contributed by atoms with van der Waals surface area (Å²) in [6, 6.07) is 13.0. The van der Waals surface area contributed by atoms with Gasteiger partial charge >= 0.3 is 0 Å². The Kier molecular flexibility index (Phi) is 7.86. The van der Waals surface area contributed by atoms with Gasteiger partial charge in [0.05, 0.1) is 6.61 Å². The number of aliphatic hydroxyl groups excluding tert-OH is 1. The van der Waals surface area contributed by atoms with Gasteiger partial charge in [-0.2, -0.15) is 0 Å². The maximum absolute atomic E-state index is 12.8. The van der Waals surface area contributed by atoms with Crippen LogP contribution in [-0.2, 0) is 0 Å². The third kappa shape index (κ3) is 6.89. The molecule has 0 fully saturated rings. The van der Waals surface area contributed by atoms with Crippen LogP contribution in [0.3, 0.4) is 0 Å². The van der Waals surface area contributed by atoms with Crippen LogP contribution >= 0.6 is 0 Å². The van der Waals surface area contributed by atoms with Crippen molar-refractivity contribution >= 4 is 11.9 Å². The van der Waals surface area contributed by atoms with Gasteiger partial charge in [0.15, 0.2) is 5.78 Å². The van der Waals surface area contributed by atoms with Gasteiger partial charge in [-0.05, 0) is 67.3 Å². The number of aliphatic hydroxyl groups is 1. The van der Waals surface area contributed by atoms with E-state index in [9.17, 15) is 9.18 Å². The third-order valence-electron chi connectivity index (χ3n) is 3.76. The summed E-state index contributed by atoms with van der Waals surface area (Å²) in [7, 11) is 0. The monoisotopic (exact) mass is 342 g/mol. The van der Waals surface area contributed by atoms with Crippen molar-refractivity contribution in [1.29, 1.82) is 0 Å². The van der Waals surface area contributed by atoms with Crippen LogP contribution in [-0.4, -0.2) is 24.1 Å². The van der Waals surface area contributed by atoms with Gasteiger partial charge in [0.25, 0.3) is 0 Å². The summed E-state index contributed by atoms with van der Waals surface area (Å²) in [5, 5.41) is 8.71. The third-order valence-corrected chi connectivity index (χ3v) is 3.76. The van der Waals surface area contributed by atoms with Crippen molar-refractivity contribution in [2.24, 2.45) is 0 Å². The first-order chi connectivity index (χ1) is 12.2. The molecule has 0 unspecified atom stereocenters. The molecule has 0 saturated heterocycles. The molecule has 2 aromatic carbocycles. The Balaban J connectivity index is 1.80. The first kappa shape index (κ1) is 18.9. The van der Waals surface area contributed by atoms with Crippen molar-refractivity contribution in [3.8, 4) is 5.75 Å². The molecule has 2 rings (SSSR count). The second-order valence-corrected chi connectivity index (χ2v) is 5.76. The van der Waals surface area contributed by atoms with Crippen LogP contribution in [0.4, 0.5) is 4.39 Å². The van der Waals surface area contributed by atoms with Gasteiger partial charge in [-0.1, -0.05) is 24.6 Å². The Morgan fingerprint density at radius 1 is 0.960 bits per heavy atom. The molecule has 25 heavy (non-hydrogen) atoms. The molecule has 0 aliphatic carbocycles. The standard InChI is InChI=1S/C21H23FO3/c22-19-10-5-17(6-11-19)7-14-21(24)18-8-12-20(13-9-18)25-16-4-2-1-3-15-23/h5-14,23H,1-4,15-16H2/b14-7+. The number of hydrogen-bond acceptors (Lipinski definition) is 3. The molecule has 0 aliphatic heterocycles. The normalized spacial score (nSPS) is 11.0. The highest BCUT2D eigenvalue weighted by atomic mass is 19.1. The first-order valence-electron chi connectivity index (χ1n) is 8.51. The van der Waals surface area contributed by atoms with E-state index in [1.807, 2.05) is 0 Å². The van der Waals surface area contributed by atoms with Crippen LogP contribution in [0.5, 0.6) is 5.75 Å². The van der Waals surface area contributed by atoms with Crippen molar-refractivity contribution < 1.29 is 19.0 Å². The molecule has 0 radical (unpaired) electrons. The predicted molar refractivity (Wildman–Crippen MR) is 97.3 cm³/mol. The van der Waals surface area contributed by atoms with E-state index in [2.05, 4.69) is 0 Å². The molecule has 0 bridgehead atoms. The number of benzene rings is 2. The molecular weight excluding hydrogens is 319 g/mol. The number of hydrogen-bond donors (Lipinski definition) is 1. The molecule has 1 N–H and O–H groups in total. The number of halogens is 1. The van der Waals surface area contributed by atoms with Crippen molar-refractivity contribution in [1.82, 2.24) is 0 Å². The van der Waals surface area contributed by atoms with E-state index in [1.165, 1.54) is 18.2 Å². The lowest BCUT2D eigenvalue weighted by atomic mass is 10.1. The number of allylic oxidation sites excluding steroid dienone is 1. The summed E-state index contributed by atoms with van der Waals surface area (Å²) in [5.74, 6) is 0.327. The Labute approximate surface area is 147 Å². The van der Waals surface area contributed by atoms with Crippen LogP contribution in [0, 0.1) is 5.82 Å². The summed E-state index contributed by atoms with van der Waals surface area (Å²) < 4.78 is 18.5. The van der Waals surface area contributed by atoms with E-state index >= 15 is 0 Å². The highest BCUT2D eigenvalue weighted by Gasteiger charge is 2.02. The van der Waals surface area contributed by atoms with E-state index in [1.54, 1.807) is 42.5 Å². The Morgan fingerprint density at radius 2 is 1.64 bits per heavy atom. The van der Waals surface area contributed by atoms with E-state index < -0.39 is 0 Å². The fraction of sp³-hybridized carbons (Fsp3) is 0.286. The number of ketones is 1. The zero-order chi connectivity index (χ0) is 17.9. The lowest BCUT2D eigenvalue weighted by Gasteiger charge is -2.06. The molecule has 0 spiro atoms. The molecule has 3 nitrogen and oxygen atoms in total. The minimum atomic E-state index is -0.299. The largest absolute Gasteiger partial charge is 0.494 e. The lowest BCUT2D eigenvalue weighted by Crippen LogP contribution is -1.99.